The van der Waals surface area contributed by atoms with Crippen LogP contribution in [0.4, 0.5) is 24.7 Å². The van der Waals surface area contributed by atoms with E-state index in [0.29, 0.717) is 27.1 Å². The van der Waals surface area contributed by atoms with E-state index in [9.17, 15) is 13.2 Å². The minimum absolute atomic E-state index is 0.447. The molecule has 8 heteroatoms. The van der Waals surface area contributed by atoms with Crippen LogP contribution in [0.2, 0.25) is 5.02 Å². The lowest BCUT2D eigenvalue weighted by atomic mass is 10.1. The summed E-state index contributed by atoms with van der Waals surface area (Å²) < 4.78 is 38.8. The highest BCUT2D eigenvalue weighted by Crippen LogP contribution is 2.36. The Bertz CT molecular complexity index is 1470. The first-order valence-electron chi connectivity index (χ1n) is 9.93. The molecule has 0 aliphatic carbocycles. The zero-order chi connectivity index (χ0) is 23.0. The number of nitrogens with one attached hydrogen (secondary N) is 1. The lowest BCUT2D eigenvalue weighted by Gasteiger charge is -2.13. The van der Waals surface area contributed by atoms with Crippen molar-refractivity contribution in [1.82, 2.24) is 9.97 Å². The van der Waals surface area contributed by atoms with Gasteiger partial charge in [-0.05, 0) is 65.4 Å². The monoisotopic (exact) mass is 481 g/mol. The Balaban J connectivity index is 1.59. The van der Waals surface area contributed by atoms with Gasteiger partial charge in [-0.25, -0.2) is 9.97 Å². The van der Waals surface area contributed by atoms with Crippen LogP contribution in [0.1, 0.15) is 5.56 Å². The maximum Gasteiger partial charge on any atom is 0.416 e. The zero-order valence-corrected chi connectivity index (χ0v) is 18.5. The Labute approximate surface area is 196 Å². The second-order valence-electron chi connectivity index (χ2n) is 7.32. The molecule has 164 valence electrons. The summed E-state index contributed by atoms with van der Waals surface area (Å²) in [4.78, 5) is 10.4. The van der Waals surface area contributed by atoms with Crippen molar-refractivity contribution in [2.75, 3.05) is 5.32 Å². The van der Waals surface area contributed by atoms with Gasteiger partial charge in [0.05, 0.1) is 16.6 Å². The number of halogens is 4. The van der Waals surface area contributed by atoms with E-state index in [-0.39, 0.29) is 0 Å². The van der Waals surface area contributed by atoms with Crippen LogP contribution in [-0.4, -0.2) is 9.97 Å². The molecule has 0 aliphatic heterocycles. The van der Waals surface area contributed by atoms with Crippen molar-refractivity contribution in [2.45, 2.75) is 16.1 Å². The molecule has 0 spiro atoms. The summed E-state index contributed by atoms with van der Waals surface area (Å²) in [5.74, 6) is 0.447. The van der Waals surface area contributed by atoms with Gasteiger partial charge in [0.15, 0.2) is 5.82 Å². The first-order valence-corrected chi connectivity index (χ1v) is 11.1. The summed E-state index contributed by atoms with van der Waals surface area (Å²) in [5, 5.41) is 6.38. The second-order valence-corrected chi connectivity index (χ2v) is 8.82. The molecule has 1 aromatic heterocycles. The number of hydrogen-bond donors (Lipinski definition) is 1. The topological polar surface area (TPSA) is 37.8 Å². The highest BCUT2D eigenvalue weighted by atomic mass is 35.5. The first kappa shape index (κ1) is 21.6. The Morgan fingerprint density at radius 2 is 1.42 bits per heavy atom. The first-order chi connectivity index (χ1) is 15.8. The summed E-state index contributed by atoms with van der Waals surface area (Å²) >= 11 is 7.51. The van der Waals surface area contributed by atoms with E-state index < -0.39 is 11.7 Å². The number of aromatic nitrogens is 2. The fourth-order valence-electron chi connectivity index (χ4n) is 3.40. The maximum absolute atomic E-state index is 12.9. The molecule has 0 unspecified atom stereocenters. The summed E-state index contributed by atoms with van der Waals surface area (Å²) in [6, 6.07) is 24.0. The average Bonchev–Trinajstić information content (AvgIpc) is 2.78. The quantitative estimate of drug-likeness (QED) is 0.262. The third-order valence-corrected chi connectivity index (χ3v) is 6.19. The SMILES string of the molecule is FC(F)(F)c1ccc(Nc2nc3cc4ccccc4cc3nc2Sc2cccc(Cl)c2)cc1. The molecule has 0 atom stereocenters. The number of rotatable bonds is 4. The number of benzene rings is 4. The molecule has 4 aromatic carbocycles. The van der Waals surface area contributed by atoms with E-state index in [2.05, 4.69) is 5.32 Å². The fourth-order valence-corrected chi connectivity index (χ4v) is 4.55. The molecule has 0 radical (unpaired) electrons. The Kier molecular flexibility index (Phi) is 5.60. The van der Waals surface area contributed by atoms with Crippen molar-refractivity contribution in [3.63, 3.8) is 0 Å². The standard InChI is InChI=1S/C25H15ClF3N3S/c26-18-6-3-7-20(14-18)33-24-23(30-19-10-8-17(9-11-19)25(27,28)29)31-21-12-15-4-1-2-5-16(15)13-22(21)32-24/h1-14H,(H,30,31). The van der Waals surface area contributed by atoms with E-state index >= 15 is 0 Å². The van der Waals surface area contributed by atoms with Crippen molar-refractivity contribution in [2.24, 2.45) is 0 Å². The number of nitrogens with zero attached hydrogens (tertiary/aromatic N) is 2. The van der Waals surface area contributed by atoms with Crippen LogP contribution < -0.4 is 5.32 Å². The molecular formula is C25H15ClF3N3S. The van der Waals surface area contributed by atoms with Gasteiger partial charge in [0, 0.05) is 15.6 Å². The maximum atomic E-state index is 12.9. The summed E-state index contributed by atoms with van der Waals surface area (Å²) in [6.45, 7) is 0. The molecule has 0 fully saturated rings. The molecule has 5 rings (SSSR count). The molecule has 0 aliphatic rings. The van der Waals surface area contributed by atoms with Crippen molar-refractivity contribution in [3.8, 4) is 0 Å². The lowest BCUT2D eigenvalue weighted by molar-refractivity contribution is -0.137. The predicted molar refractivity (Wildman–Crippen MR) is 127 cm³/mol. The highest BCUT2D eigenvalue weighted by molar-refractivity contribution is 7.99. The van der Waals surface area contributed by atoms with Gasteiger partial charge in [0.2, 0.25) is 0 Å². The van der Waals surface area contributed by atoms with E-state index in [0.717, 1.165) is 33.3 Å². The van der Waals surface area contributed by atoms with Gasteiger partial charge in [-0.15, -0.1) is 0 Å². The van der Waals surface area contributed by atoms with Crippen molar-refractivity contribution in [3.05, 3.63) is 95.5 Å². The van der Waals surface area contributed by atoms with Gasteiger partial charge >= 0.3 is 6.18 Å². The number of alkyl halides is 3. The predicted octanol–water partition coefficient (Wildman–Crippen LogP) is 8.35. The van der Waals surface area contributed by atoms with Crippen LogP contribution in [0.25, 0.3) is 21.8 Å². The van der Waals surface area contributed by atoms with Crippen molar-refractivity contribution < 1.29 is 13.2 Å². The Morgan fingerprint density at radius 1 is 0.758 bits per heavy atom. The molecule has 1 N–H and O–H groups in total. The highest BCUT2D eigenvalue weighted by Gasteiger charge is 2.30. The summed E-state index contributed by atoms with van der Waals surface area (Å²) in [6.07, 6.45) is -4.39. The molecule has 0 bridgehead atoms. The van der Waals surface area contributed by atoms with Crippen LogP contribution in [0.15, 0.2) is 94.9 Å². The normalized spacial score (nSPS) is 11.8. The fraction of sp³-hybridized carbons (Fsp3) is 0.0400. The van der Waals surface area contributed by atoms with Crippen LogP contribution in [0.3, 0.4) is 0 Å². The third kappa shape index (κ3) is 4.74. The van der Waals surface area contributed by atoms with Crippen LogP contribution in [0.5, 0.6) is 0 Å². The lowest BCUT2D eigenvalue weighted by Crippen LogP contribution is -2.05. The van der Waals surface area contributed by atoms with E-state index in [1.165, 1.54) is 23.9 Å². The molecule has 0 saturated carbocycles. The molecule has 3 nitrogen and oxygen atoms in total. The third-order valence-electron chi connectivity index (χ3n) is 4.99. The zero-order valence-electron chi connectivity index (χ0n) is 16.9. The van der Waals surface area contributed by atoms with E-state index in [1.54, 1.807) is 6.07 Å². The Morgan fingerprint density at radius 3 is 2.06 bits per heavy atom. The van der Waals surface area contributed by atoms with E-state index in [1.807, 2.05) is 54.6 Å². The summed E-state index contributed by atoms with van der Waals surface area (Å²) in [5.41, 5.74) is 1.16. The average molecular weight is 482 g/mol. The van der Waals surface area contributed by atoms with Crippen LogP contribution >= 0.6 is 23.4 Å². The van der Waals surface area contributed by atoms with Crippen molar-refractivity contribution >= 4 is 56.7 Å². The molecule has 5 aromatic rings. The number of anilines is 2. The van der Waals surface area contributed by atoms with Gasteiger partial charge in [-0.2, -0.15) is 13.2 Å². The smallest absolute Gasteiger partial charge is 0.338 e. The van der Waals surface area contributed by atoms with Crippen LogP contribution in [-0.2, 0) is 6.18 Å². The second kappa shape index (κ2) is 8.57. The molecular weight excluding hydrogens is 467 g/mol. The van der Waals surface area contributed by atoms with Crippen LogP contribution in [0, 0.1) is 0 Å². The van der Waals surface area contributed by atoms with Gasteiger partial charge in [-0.1, -0.05) is 53.7 Å². The minimum Gasteiger partial charge on any atom is -0.338 e. The molecule has 0 saturated heterocycles. The Hall–Kier alpha value is -3.29. The van der Waals surface area contributed by atoms with Crippen molar-refractivity contribution in [1.29, 1.82) is 0 Å². The van der Waals surface area contributed by atoms with E-state index in [4.69, 9.17) is 21.6 Å². The van der Waals surface area contributed by atoms with Gasteiger partial charge in [0.25, 0.3) is 0 Å². The molecule has 1 heterocycles. The van der Waals surface area contributed by atoms with Gasteiger partial charge < -0.3 is 5.32 Å². The molecule has 33 heavy (non-hydrogen) atoms. The number of hydrogen-bond acceptors (Lipinski definition) is 4. The summed E-state index contributed by atoms with van der Waals surface area (Å²) in [7, 11) is 0. The molecule has 0 amide bonds. The number of fused-ring (bicyclic) bond motifs is 2. The largest absolute Gasteiger partial charge is 0.416 e. The van der Waals surface area contributed by atoms with Gasteiger partial charge in [0.1, 0.15) is 5.03 Å². The van der Waals surface area contributed by atoms with Gasteiger partial charge in [-0.3, -0.25) is 0 Å². The minimum atomic E-state index is -4.39.